The predicted octanol–water partition coefficient (Wildman–Crippen LogP) is 3.72. The standard InChI is InChI=1S/C30H34N2O8/c1-30(2,3)40-29(39)32-8-6-14(7-9-32)17-4-5-20(33)25-18(17)11-15-10-16-12-21(34)19(28(31)38)13-22(35)23(16)26(36)24(15)27(25)37/h4-6,15-16,23,33-34,37H,7-13H2,1-3H3,(H2,31,38). The predicted molar refractivity (Wildman–Crippen MR) is 145 cm³/mol. The third kappa shape index (κ3) is 4.76. The minimum absolute atomic E-state index is 0.0314. The average molecular weight is 551 g/mol. The topological polar surface area (TPSA) is 167 Å². The molecule has 4 aliphatic rings. The molecule has 10 heteroatoms. The molecule has 3 atom stereocenters. The first-order valence-electron chi connectivity index (χ1n) is 13.5. The molecule has 1 aromatic rings. The van der Waals surface area contributed by atoms with Gasteiger partial charge in [0.2, 0.25) is 5.91 Å². The number of aliphatic hydroxyl groups is 2. The number of phenols is 1. The number of allylic oxidation sites excluding steroid dienone is 2. The van der Waals surface area contributed by atoms with Gasteiger partial charge in [-0.1, -0.05) is 12.1 Å². The fourth-order valence-corrected chi connectivity index (χ4v) is 6.49. The summed E-state index contributed by atoms with van der Waals surface area (Å²) in [7, 11) is 0. The van der Waals surface area contributed by atoms with Gasteiger partial charge in [0.05, 0.1) is 17.1 Å². The van der Waals surface area contributed by atoms with Crippen LogP contribution in [-0.4, -0.2) is 62.5 Å². The lowest BCUT2D eigenvalue weighted by Gasteiger charge is -2.39. The number of hydrogen-bond acceptors (Lipinski definition) is 8. The van der Waals surface area contributed by atoms with E-state index in [-0.39, 0.29) is 40.4 Å². The van der Waals surface area contributed by atoms with Gasteiger partial charge in [0.25, 0.3) is 0 Å². The van der Waals surface area contributed by atoms with Gasteiger partial charge in [-0.2, -0.15) is 0 Å². The second-order valence-corrected chi connectivity index (χ2v) is 12.0. The number of rotatable bonds is 2. The Morgan fingerprint density at radius 1 is 1.10 bits per heavy atom. The van der Waals surface area contributed by atoms with Gasteiger partial charge in [0.15, 0.2) is 5.78 Å². The lowest BCUT2D eigenvalue weighted by molar-refractivity contribution is -0.135. The van der Waals surface area contributed by atoms with Crippen LogP contribution in [0.1, 0.15) is 63.1 Å². The zero-order valence-corrected chi connectivity index (χ0v) is 22.8. The SMILES string of the molecule is CC(C)(C)OC(=O)N1CC=C(c2ccc(O)c3c2CC2CC4CC(O)=C(C(N)=O)CC(=O)C4C(=O)C2=C3O)CC1. The number of benzene rings is 1. The van der Waals surface area contributed by atoms with E-state index in [0.29, 0.717) is 37.9 Å². The number of ether oxygens (including phenoxy) is 1. The molecular weight excluding hydrogens is 516 g/mol. The van der Waals surface area contributed by atoms with Gasteiger partial charge in [0, 0.05) is 31.5 Å². The van der Waals surface area contributed by atoms with Crippen molar-refractivity contribution in [3.8, 4) is 5.75 Å². The summed E-state index contributed by atoms with van der Waals surface area (Å²) in [6, 6.07) is 3.25. The molecule has 10 nitrogen and oxygen atoms in total. The number of aliphatic hydroxyl groups excluding tert-OH is 2. The van der Waals surface area contributed by atoms with Crippen LogP contribution < -0.4 is 5.73 Å². The summed E-state index contributed by atoms with van der Waals surface area (Å²) in [5.41, 5.74) is 7.30. The lowest BCUT2D eigenvalue weighted by Crippen LogP contribution is -2.42. The van der Waals surface area contributed by atoms with Gasteiger partial charge in [-0.25, -0.2) is 4.79 Å². The molecule has 1 aromatic carbocycles. The third-order valence-electron chi connectivity index (χ3n) is 8.25. The first-order valence-corrected chi connectivity index (χ1v) is 13.5. The molecule has 0 aromatic heterocycles. The molecule has 1 saturated carbocycles. The number of nitrogens with two attached hydrogens (primary N) is 1. The monoisotopic (exact) mass is 550 g/mol. The van der Waals surface area contributed by atoms with Crippen molar-refractivity contribution >= 4 is 34.9 Å². The van der Waals surface area contributed by atoms with Crippen LogP contribution in [0.2, 0.25) is 0 Å². The number of nitrogens with zero attached hydrogens (tertiary/aromatic N) is 1. The molecule has 3 aliphatic carbocycles. The highest BCUT2D eigenvalue weighted by Crippen LogP contribution is 2.50. The van der Waals surface area contributed by atoms with Gasteiger partial charge < -0.3 is 30.7 Å². The van der Waals surface area contributed by atoms with Crippen LogP contribution in [0.5, 0.6) is 5.75 Å². The fraction of sp³-hybridized carbons (Fsp3) is 0.467. The Balaban J connectivity index is 1.49. The van der Waals surface area contributed by atoms with Gasteiger partial charge in [-0.15, -0.1) is 0 Å². The maximum atomic E-state index is 13.7. The van der Waals surface area contributed by atoms with E-state index in [1.165, 1.54) is 6.07 Å². The molecule has 0 saturated heterocycles. The highest BCUT2D eigenvalue weighted by atomic mass is 16.6. The molecule has 40 heavy (non-hydrogen) atoms. The smallest absolute Gasteiger partial charge is 0.410 e. The number of primary amides is 1. The Bertz CT molecular complexity index is 1430. The summed E-state index contributed by atoms with van der Waals surface area (Å²) in [5, 5.41) is 32.6. The molecule has 0 bridgehead atoms. The van der Waals surface area contributed by atoms with Crippen molar-refractivity contribution in [2.75, 3.05) is 13.1 Å². The van der Waals surface area contributed by atoms with Gasteiger partial charge in [-0.05, 0) is 74.6 Å². The molecule has 5 rings (SSSR count). The van der Waals surface area contributed by atoms with E-state index in [1.54, 1.807) is 11.0 Å². The van der Waals surface area contributed by atoms with E-state index < -0.39 is 53.3 Å². The summed E-state index contributed by atoms with van der Waals surface area (Å²) in [5.74, 6) is -4.84. The number of carbonyl (C=O) groups excluding carboxylic acids is 4. The number of phenolic OH excluding ortho intramolecular Hbond substituents is 1. The second-order valence-electron chi connectivity index (χ2n) is 12.0. The van der Waals surface area contributed by atoms with Crippen LogP contribution >= 0.6 is 0 Å². The van der Waals surface area contributed by atoms with Crippen LogP contribution in [-0.2, 0) is 25.5 Å². The Labute approximate surface area is 231 Å². The maximum Gasteiger partial charge on any atom is 0.410 e. The Morgan fingerprint density at radius 2 is 1.82 bits per heavy atom. The van der Waals surface area contributed by atoms with Crippen molar-refractivity contribution < 1.29 is 39.2 Å². The molecule has 5 N–H and O–H groups in total. The first kappa shape index (κ1) is 27.5. The van der Waals surface area contributed by atoms with Crippen LogP contribution in [0.25, 0.3) is 11.3 Å². The Hall–Kier alpha value is -4.08. The number of amides is 2. The molecule has 0 spiro atoms. The first-order chi connectivity index (χ1) is 18.8. The number of Topliss-reactive ketones (excluding diaryl/α,β-unsaturated/α-hetero) is 2. The van der Waals surface area contributed by atoms with Gasteiger partial charge in [-0.3, -0.25) is 14.4 Å². The number of aromatic hydroxyl groups is 1. The van der Waals surface area contributed by atoms with E-state index in [9.17, 15) is 34.5 Å². The largest absolute Gasteiger partial charge is 0.512 e. The van der Waals surface area contributed by atoms with Gasteiger partial charge >= 0.3 is 6.09 Å². The lowest BCUT2D eigenvalue weighted by atomic mass is 9.63. The van der Waals surface area contributed by atoms with Crippen molar-refractivity contribution in [1.29, 1.82) is 0 Å². The molecule has 1 heterocycles. The second kappa shape index (κ2) is 9.83. The van der Waals surface area contributed by atoms with Gasteiger partial charge in [0.1, 0.15) is 28.7 Å². The molecule has 212 valence electrons. The van der Waals surface area contributed by atoms with E-state index in [1.807, 2.05) is 26.8 Å². The third-order valence-corrected chi connectivity index (χ3v) is 8.25. The number of fused-ring (bicyclic) bond motifs is 3. The van der Waals surface area contributed by atoms with Crippen LogP contribution in [0.4, 0.5) is 4.79 Å². The number of carbonyl (C=O) groups is 4. The number of hydrogen-bond donors (Lipinski definition) is 4. The maximum absolute atomic E-state index is 13.7. The van der Waals surface area contributed by atoms with Crippen molar-refractivity contribution in [1.82, 2.24) is 4.90 Å². The van der Waals surface area contributed by atoms with Crippen molar-refractivity contribution in [2.24, 2.45) is 23.5 Å². The van der Waals surface area contributed by atoms with E-state index in [0.717, 1.165) is 11.1 Å². The van der Waals surface area contributed by atoms with Crippen molar-refractivity contribution in [2.45, 2.75) is 58.5 Å². The van der Waals surface area contributed by atoms with Crippen molar-refractivity contribution in [3.05, 3.63) is 51.8 Å². The molecular formula is C30H34N2O8. The molecule has 2 amide bonds. The normalized spacial score (nSPS) is 25.0. The summed E-state index contributed by atoms with van der Waals surface area (Å²) in [4.78, 5) is 52.6. The zero-order chi connectivity index (χ0) is 29.1. The minimum atomic E-state index is -1.11. The summed E-state index contributed by atoms with van der Waals surface area (Å²) < 4.78 is 5.48. The molecule has 1 fully saturated rings. The highest BCUT2D eigenvalue weighted by Gasteiger charge is 2.49. The van der Waals surface area contributed by atoms with E-state index in [4.69, 9.17) is 10.5 Å². The van der Waals surface area contributed by atoms with Crippen LogP contribution in [0.15, 0.2) is 35.1 Å². The van der Waals surface area contributed by atoms with E-state index >= 15 is 0 Å². The van der Waals surface area contributed by atoms with E-state index in [2.05, 4.69) is 0 Å². The minimum Gasteiger partial charge on any atom is -0.512 e. The zero-order valence-electron chi connectivity index (χ0n) is 22.8. The van der Waals surface area contributed by atoms with Crippen LogP contribution in [0.3, 0.4) is 0 Å². The summed E-state index contributed by atoms with van der Waals surface area (Å²) >= 11 is 0. The quantitative estimate of drug-likeness (QED) is 0.404. The molecule has 1 aliphatic heterocycles. The summed E-state index contributed by atoms with van der Waals surface area (Å²) in [6.45, 7) is 6.21. The highest BCUT2D eigenvalue weighted by molar-refractivity contribution is 6.16. The fourth-order valence-electron chi connectivity index (χ4n) is 6.49. The Morgan fingerprint density at radius 3 is 2.45 bits per heavy atom. The molecule has 0 radical (unpaired) electrons. The average Bonchev–Trinajstić information content (AvgIpc) is 2.98. The Kier molecular flexibility index (Phi) is 6.76. The van der Waals surface area contributed by atoms with Crippen LogP contribution in [0, 0.1) is 17.8 Å². The number of ketones is 2. The molecule has 3 unspecified atom stereocenters. The van der Waals surface area contributed by atoms with Crippen molar-refractivity contribution in [3.63, 3.8) is 0 Å². The summed E-state index contributed by atoms with van der Waals surface area (Å²) in [6.07, 6.45) is 2.26.